The largest absolute Gasteiger partial charge is 0.334 e. The molecule has 1 atom stereocenters. The Morgan fingerprint density at radius 2 is 2.25 bits per heavy atom. The van der Waals surface area contributed by atoms with Crippen LogP contribution in [0.1, 0.15) is 35.2 Å². The first-order chi connectivity index (χ1) is 9.56. The molecule has 1 saturated heterocycles. The second-order valence-electron chi connectivity index (χ2n) is 5.11. The Morgan fingerprint density at radius 3 is 2.90 bits per heavy atom. The van der Waals surface area contributed by atoms with Gasteiger partial charge in [0.1, 0.15) is 5.56 Å². The molecular weight excluding hydrogens is 258 g/mol. The molecule has 0 saturated carbocycles. The summed E-state index contributed by atoms with van der Waals surface area (Å²) < 4.78 is 0. The van der Waals surface area contributed by atoms with Crippen molar-refractivity contribution in [1.82, 2.24) is 4.90 Å². The molecule has 1 amide bonds. The molecule has 1 unspecified atom stereocenters. The maximum absolute atomic E-state index is 12.7. The van der Waals surface area contributed by atoms with E-state index >= 15 is 0 Å². The van der Waals surface area contributed by atoms with E-state index in [-0.39, 0.29) is 23.2 Å². The van der Waals surface area contributed by atoms with E-state index in [1.54, 1.807) is 24.0 Å². The van der Waals surface area contributed by atoms with Crippen LogP contribution in [0.3, 0.4) is 0 Å². The third-order valence-corrected chi connectivity index (χ3v) is 3.82. The lowest BCUT2D eigenvalue weighted by Gasteiger charge is -2.35. The number of piperidine rings is 1. The summed E-state index contributed by atoms with van der Waals surface area (Å²) in [5, 5.41) is 11.1. The molecule has 1 aromatic carbocycles. The third kappa shape index (κ3) is 2.65. The van der Waals surface area contributed by atoms with Crippen LogP contribution >= 0.6 is 0 Å². The number of rotatable bonds is 3. The maximum atomic E-state index is 12.7. The first-order valence-electron chi connectivity index (χ1n) is 6.81. The Labute approximate surface area is 117 Å². The van der Waals surface area contributed by atoms with Crippen LogP contribution in [0, 0.1) is 17.0 Å². The standard InChI is InChI=1S/C14H19N3O3/c1-10-5-4-7-12(17(19)20)13(10)14(18)16-8-3-2-6-11(16)9-15/h4-5,7,11H,2-3,6,8-9,15H2,1H3. The van der Waals surface area contributed by atoms with Crippen molar-refractivity contribution in [2.24, 2.45) is 5.73 Å². The fraction of sp³-hybridized carbons (Fsp3) is 0.500. The van der Waals surface area contributed by atoms with Crippen molar-refractivity contribution in [3.8, 4) is 0 Å². The average Bonchev–Trinajstić information content (AvgIpc) is 2.46. The number of hydrogen-bond acceptors (Lipinski definition) is 4. The third-order valence-electron chi connectivity index (χ3n) is 3.82. The highest BCUT2D eigenvalue weighted by Crippen LogP contribution is 2.26. The topological polar surface area (TPSA) is 89.5 Å². The van der Waals surface area contributed by atoms with Crippen molar-refractivity contribution in [1.29, 1.82) is 0 Å². The van der Waals surface area contributed by atoms with E-state index in [4.69, 9.17) is 5.73 Å². The van der Waals surface area contributed by atoms with Gasteiger partial charge in [-0.25, -0.2) is 0 Å². The van der Waals surface area contributed by atoms with Crippen molar-refractivity contribution < 1.29 is 9.72 Å². The lowest BCUT2D eigenvalue weighted by molar-refractivity contribution is -0.385. The first-order valence-corrected chi connectivity index (χ1v) is 6.81. The van der Waals surface area contributed by atoms with Gasteiger partial charge in [-0.2, -0.15) is 0 Å². The first kappa shape index (κ1) is 14.5. The Bertz CT molecular complexity index is 530. The molecule has 20 heavy (non-hydrogen) atoms. The summed E-state index contributed by atoms with van der Waals surface area (Å²) in [6, 6.07) is 4.68. The molecular formula is C14H19N3O3. The Kier molecular flexibility index (Phi) is 4.34. The van der Waals surface area contributed by atoms with Gasteiger partial charge in [-0.15, -0.1) is 0 Å². The van der Waals surface area contributed by atoms with Gasteiger partial charge in [0.2, 0.25) is 0 Å². The van der Waals surface area contributed by atoms with E-state index < -0.39 is 4.92 Å². The summed E-state index contributed by atoms with van der Waals surface area (Å²) in [5.41, 5.74) is 6.41. The molecule has 0 bridgehead atoms. The van der Waals surface area contributed by atoms with Crippen LogP contribution in [0.5, 0.6) is 0 Å². The van der Waals surface area contributed by atoms with Gasteiger partial charge in [0, 0.05) is 25.2 Å². The van der Waals surface area contributed by atoms with Crippen LogP contribution in [0.15, 0.2) is 18.2 Å². The normalized spacial score (nSPS) is 18.9. The lowest BCUT2D eigenvalue weighted by atomic mass is 9.98. The van der Waals surface area contributed by atoms with Crippen molar-refractivity contribution in [3.05, 3.63) is 39.4 Å². The number of nitrogens with two attached hydrogens (primary N) is 1. The maximum Gasteiger partial charge on any atom is 0.282 e. The molecule has 6 heteroatoms. The number of amides is 1. The van der Waals surface area contributed by atoms with E-state index in [1.165, 1.54) is 6.07 Å². The highest BCUT2D eigenvalue weighted by atomic mass is 16.6. The Balaban J connectivity index is 2.40. The molecule has 1 fully saturated rings. The van der Waals surface area contributed by atoms with Gasteiger partial charge in [0.15, 0.2) is 0 Å². The van der Waals surface area contributed by atoms with Crippen molar-refractivity contribution in [2.45, 2.75) is 32.2 Å². The predicted molar refractivity (Wildman–Crippen MR) is 75.6 cm³/mol. The second-order valence-corrected chi connectivity index (χ2v) is 5.11. The van der Waals surface area contributed by atoms with Crippen molar-refractivity contribution in [3.63, 3.8) is 0 Å². The van der Waals surface area contributed by atoms with Crippen LogP contribution in [0.4, 0.5) is 5.69 Å². The quantitative estimate of drug-likeness (QED) is 0.674. The van der Waals surface area contributed by atoms with Gasteiger partial charge >= 0.3 is 0 Å². The predicted octanol–water partition coefficient (Wildman–Crippen LogP) is 1.86. The number of likely N-dealkylation sites (tertiary alicyclic amines) is 1. The van der Waals surface area contributed by atoms with Gasteiger partial charge in [0.25, 0.3) is 11.6 Å². The molecule has 1 aromatic rings. The van der Waals surface area contributed by atoms with Crippen LogP contribution in [-0.4, -0.2) is 34.9 Å². The summed E-state index contributed by atoms with van der Waals surface area (Å²) in [7, 11) is 0. The lowest BCUT2D eigenvalue weighted by Crippen LogP contribution is -2.47. The molecule has 2 N–H and O–H groups in total. The number of nitro benzene ring substituents is 1. The number of carbonyl (C=O) groups excluding carboxylic acids is 1. The monoisotopic (exact) mass is 277 g/mol. The van der Waals surface area contributed by atoms with Crippen LogP contribution in [-0.2, 0) is 0 Å². The summed E-state index contributed by atoms with van der Waals surface area (Å²) >= 11 is 0. The average molecular weight is 277 g/mol. The van der Waals surface area contributed by atoms with E-state index in [2.05, 4.69) is 0 Å². The summed E-state index contributed by atoms with van der Waals surface area (Å²) in [5.74, 6) is -0.273. The molecule has 0 spiro atoms. The molecule has 1 aliphatic rings. The Hall–Kier alpha value is -1.95. The molecule has 0 aromatic heterocycles. The van der Waals surface area contributed by atoms with E-state index in [9.17, 15) is 14.9 Å². The second kappa shape index (κ2) is 6.00. The molecule has 108 valence electrons. The fourth-order valence-corrected chi connectivity index (χ4v) is 2.74. The van der Waals surface area contributed by atoms with E-state index in [0.29, 0.717) is 18.7 Å². The number of carbonyl (C=O) groups is 1. The molecule has 6 nitrogen and oxygen atoms in total. The number of nitrogens with zero attached hydrogens (tertiary/aromatic N) is 2. The zero-order valence-corrected chi connectivity index (χ0v) is 11.5. The van der Waals surface area contributed by atoms with Gasteiger partial charge in [-0.05, 0) is 31.7 Å². The SMILES string of the molecule is Cc1cccc([N+](=O)[O-])c1C(=O)N1CCCCC1CN. The molecule has 0 aliphatic carbocycles. The van der Waals surface area contributed by atoms with Gasteiger partial charge < -0.3 is 10.6 Å². The zero-order valence-electron chi connectivity index (χ0n) is 11.5. The summed E-state index contributed by atoms with van der Waals surface area (Å²) in [4.78, 5) is 25.0. The minimum Gasteiger partial charge on any atom is -0.334 e. The molecule has 1 heterocycles. The minimum absolute atomic E-state index is 0.0181. The van der Waals surface area contributed by atoms with E-state index in [1.807, 2.05) is 0 Å². The van der Waals surface area contributed by atoms with Crippen LogP contribution < -0.4 is 5.73 Å². The minimum atomic E-state index is -0.498. The Morgan fingerprint density at radius 1 is 1.50 bits per heavy atom. The number of hydrogen-bond donors (Lipinski definition) is 1. The summed E-state index contributed by atoms with van der Waals surface area (Å²) in [6.45, 7) is 2.74. The van der Waals surface area contributed by atoms with Gasteiger partial charge in [-0.3, -0.25) is 14.9 Å². The summed E-state index contributed by atoms with van der Waals surface area (Å²) in [6.07, 6.45) is 2.82. The molecule has 2 rings (SSSR count). The zero-order chi connectivity index (χ0) is 14.7. The smallest absolute Gasteiger partial charge is 0.282 e. The molecule has 1 aliphatic heterocycles. The van der Waals surface area contributed by atoms with E-state index in [0.717, 1.165) is 19.3 Å². The number of aryl methyl sites for hydroxylation is 1. The number of benzene rings is 1. The molecule has 0 radical (unpaired) electrons. The van der Waals surface area contributed by atoms with Crippen molar-refractivity contribution in [2.75, 3.05) is 13.1 Å². The highest BCUT2D eigenvalue weighted by molar-refractivity contribution is 5.99. The highest BCUT2D eigenvalue weighted by Gasteiger charge is 2.31. The van der Waals surface area contributed by atoms with Gasteiger partial charge in [-0.1, -0.05) is 12.1 Å². The fourth-order valence-electron chi connectivity index (χ4n) is 2.74. The van der Waals surface area contributed by atoms with Crippen molar-refractivity contribution >= 4 is 11.6 Å². The van der Waals surface area contributed by atoms with Crippen LogP contribution in [0.25, 0.3) is 0 Å². The van der Waals surface area contributed by atoms with Crippen LogP contribution in [0.2, 0.25) is 0 Å². The van der Waals surface area contributed by atoms with Gasteiger partial charge in [0.05, 0.1) is 4.92 Å². The number of nitro groups is 1.